The summed E-state index contributed by atoms with van der Waals surface area (Å²) in [7, 11) is 4.84. The van der Waals surface area contributed by atoms with Gasteiger partial charge < -0.3 is 24.3 Å². The first-order valence-corrected chi connectivity index (χ1v) is 12.3. The minimum absolute atomic E-state index is 0.269. The van der Waals surface area contributed by atoms with Crippen molar-refractivity contribution >= 4 is 16.7 Å². The monoisotopic (exact) mass is 537 g/mol. The van der Waals surface area contributed by atoms with E-state index in [1.54, 1.807) is 33.6 Å². The Kier molecular flexibility index (Phi) is 7.33. The predicted octanol–water partition coefficient (Wildman–Crippen LogP) is 5.13. The number of hydrogen-bond donors (Lipinski definition) is 1. The molecule has 0 aliphatic carbocycles. The normalized spacial score (nSPS) is 10.7. The van der Waals surface area contributed by atoms with Gasteiger partial charge in [-0.25, -0.2) is 14.6 Å². The number of anilines is 1. The second-order valence-electron chi connectivity index (χ2n) is 8.86. The number of methoxy groups -OCH3 is 3. The Morgan fingerprint density at radius 3 is 2.52 bits per heavy atom. The number of aromatic nitrogens is 5. The van der Waals surface area contributed by atoms with Crippen LogP contribution in [0.4, 0.5) is 5.82 Å². The number of pyridine rings is 1. The van der Waals surface area contributed by atoms with Gasteiger partial charge in [0.15, 0.2) is 5.82 Å². The molecule has 0 bridgehead atoms. The second-order valence-corrected chi connectivity index (χ2v) is 8.86. The molecule has 0 fully saturated rings. The molecule has 202 valence electrons. The number of ether oxygens (including phenoxy) is 4. The van der Waals surface area contributed by atoms with Crippen molar-refractivity contribution in [1.29, 1.82) is 5.26 Å². The molecule has 5 aromatic rings. The van der Waals surface area contributed by atoms with Crippen LogP contribution in [0.5, 0.6) is 28.9 Å². The summed E-state index contributed by atoms with van der Waals surface area (Å²) in [5.74, 6) is 3.89. The van der Waals surface area contributed by atoms with E-state index in [2.05, 4.69) is 26.5 Å². The highest BCUT2D eigenvalue weighted by Gasteiger charge is 2.19. The molecule has 0 aliphatic rings. The average Bonchev–Trinajstić information content (AvgIpc) is 3.47. The molecule has 0 amide bonds. The Morgan fingerprint density at radius 2 is 1.80 bits per heavy atom. The molecule has 0 radical (unpaired) electrons. The molecule has 0 spiro atoms. The molecule has 0 atom stereocenters. The summed E-state index contributed by atoms with van der Waals surface area (Å²) >= 11 is 0. The Hall–Kier alpha value is -5.37. The fourth-order valence-corrected chi connectivity index (χ4v) is 4.33. The van der Waals surface area contributed by atoms with Crippen molar-refractivity contribution in [3.8, 4) is 40.8 Å². The summed E-state index contributed by atoms with van der Waals surface area (Å²) in [5.41, 5.74) is 3.61. The van der Waals surface area contributed by atoms with Crippen LogP contribution in [0.3, 0.4) is 0 Å². The Morgan fingerprint density at radius 1 is 0.975 bits per heavy atom. The van der Waals surface area contributed by atoms with Crippen molar-refractivity contribution in [1.82, 2.24) is 24.7 Å². The standard InChI is InChI=1S/C29H27N7O4/c1-17-6-9-23(38-4)18(2)27(17)40-29-26-22(11-25(35-29)36-15-19(12-30)13-34-36)32-16-33-28(26)31-14-20-7-8-21(37-3)10-24(20)39-5/h6-11,13,15-16H,14H2,1-5H3,(H,31,32,33). The van der Waals surface area contributed by atoms with Gasteiger partial charge in [0.05, 0.1) is 44.8 Å². The van der Waals surface area contributed by atoms with Crippen LogP contribution >= 0.6 is 0 Å². The molecule has 0 unspecified atom stereocenters. The van der Waals surface area contributed by atoms with Gasteiger partial charge in [0, 0.05) is 29.8 Å². The quantitative estimate of drug-likeness (QED) is 0.270. The van der Waals surface area contributed by atoms with Crippen LogP contribution in [-0.4, -0.2) is 46.1 Å². The van der Waals surface area contributed by atoms with Gasteiger partial charge in [-0.05, 0) is 37.6 Å². The van der Waals surface area contributed by atoms with Crippen molar-refractivity contribution in [2.45, 2.75) is 20.4 Å². The summed E-state index contributed by atoms with van der Waals surface area (Å²) in [6, 6.07) is 13.3. The van der Waals surface area contributed by atoms with Crippen LogP contribution < -0.4 is 24.3 Å². The zero-order valence-electron chi connectivity index (χ0n) is 22.7. The number of fused-ring (bicyclic) bond motifs is 1. The third kappa shape index (κ3) is 5.02. The third-order valence-corrected chi connectivity index (χ3v) is 6.43. The van der Waals surface area contributed by atoms with Crippen LogP contribution in [0.2, 0.25) is 0 Å². The molecule has 1 N–H and O–H groups in total. The molecular formula is C29H27N7O4. The van der Waals surface area contributed by atoms with E-state index in [9.17, 15) is 5.26 Å². The molecule has 2 aromatic carbocycles. The average molecular weight is 538 g/mol. The zero-order chi connectivity index (χ0) is 28.2. The van der Waals surface area contributed by atoms with E-state index in [1.165, 1.54) is 17.2 Å². The SMILES string of the molecule is COc1ccc(CNc2ncnc3cc(-n4cc(C#N)cn4)nc(Oc4c(C)ccc(OC)c4C)c23)c(OC)c1. The highest BCUT2D eigenvalue weighted by molar-refractivity contribution is 5.94. The van der Waals surface area contributed by atoms with Crippen molar-refractivity contribution in [2.75, 3.05) is 26.6 Å². The molecular weight excluding hydrogens is 510 g/mol. The summed E-state index contributed by atoms with van der Waals surface area (Å²) in [5, 5.41) is 17.5. The highest BCUT2D eigenvalue weighted by atomic mass is 16.5. The van der Waals surface area contributed by atoms with E-state index in [0.717, 1.165) is 16.7 Å². The van der Waals surface area contributed by atoms with Crippen molar-refractivity contribution in [2.24, 2.45) is 0 Å². The molecule has 11 heteroatoms. The van der Waals surface area contributed by atoms with Crippen molar-refractivity contribution in [3.63, 3.8) is 0 Å². The fraction of sp³-hybridized carbons (Fsp3) is 0.207. The molecule has 3 aromatic heterocycles. The molecule has 11 nitrogen and oxygen atoms in total. The van der Waals surface area contributed by atoms with E-state index in [1.807, 2.05) is 44.2 Å². The van der Waals surface area contributed by atoms with Gasteiger partial charge in [0.2, 0.25) is 5.88 Å². The summed E-state index contributed by atoms with van der Waals surface area (Å²) in [6.07, 6.45) is 4.53. The lowest BCUT2D eigenvalue weighted by molar-refractivity contribution is 0.391. The highest BCUT2D eigenvalue weighted by Crippen LogP contribution is 2.38. The van der Waals surface area contributed by atoms with E-state index in [4.69, 9.17) is 23.9 Å². The minimum Gasteiger partial charge on any atom is -0.497 e. The third-order valence-electron chi connectivity index (χ3n) is 6.43. The Balaban J connectivity index is 1.63. The lowest BCUT2D eigenvalue weighted by Gasteiger charge is -2.17. The zero-order valence-corrected chi connectivity index (χ0v) is 22.7. The summed E-state index contributed by atoms with van der Waals surface area (Å²) < 4.78 is 24.4. The number of nitriles is 1. The van der Waals surface area contributed by atoms with Gasteiger partial charge in [0.1, 0.15) is 46.6 Å². The number of nitrogens with zero attached hydrogens (tertiary/aromatic N) is 6. The van der Waals surface area contributed by atoms with Gasteiger partial charge in [-0.1, -0.05) is 6.07 Å². The van der Waals surface area contributed by atoms with Crippen LogP contribution in [0.15, 0.2) is 55.1 Å². The Bertz CT molecular complexity index is 1740. The van der Waals surface area contributed by atoms with Crippen molar-refractivity contribution < 1.29 is 18.9 Å². The topological polar surface area (TPSA) is 129 Å². The van der Waals surface area contributed by atoms with Crippen LogP contribution in [0, 0.1) is 25.2 Å². The van der Waals surface area contributed by atoms with Gasteiger partial charge in [0.25, 0.3) is 0 Å². The molecule has 3 heterocycles. The van der Waals surface area contributed by atoms with Gasteiger partial charge in [-0.3, -0.25) is 0 Å². The van der Waals surface area contributed by atoms with Crippen LogP contribution in [-0.2, 0) is 6.54 Å². The van der Waals surface area contributed by atoms with E-state index in [-0.39, 0.29) is 5.88 Å². The van der Waals surface area contributed by atoms with Crippen LogP contribution in [0.1, 0.15) is 22.3 Å². The van der Waals surface area contributed by atoms with E-state index < -0.39 is 0 Å². The molecule has 0 saturated carbocycles. The number of nitrogens with one attached hydrogen (secondary N) is 1. The van der Waals surface area contributed by atoms with Crippen LogP contribution in [0.25, 0.3) is 16.7 Å². The maximum absolute atomic E-state index is 9.28. The lowest BCUT2D eigenvalue weighted by Crippen LogP contribution is -2.07. The maximum atomic E-state index is 9.28. The fourth-order valence-electron chi connectivity index (χ4n) is 4.33. The van der Waals surface area contributed by atoms with Gasteiger partial charge in [-0.15, -0.1) is 0 Å². The minimum atomic E-state index is 0.269. The van der Waals surface area contributed by atoms with E-state index >= 15 is 0 Å². The molecule has 0 aliphatic heterocycles. The smallest absolute Gasteiger partial charge is 0.234 e. The first-order chi connectivity index (χ1) is 19.4. The lowest BCUT2D eigenvalue weighted by atomic mass is 10.1. The largest absolute Gasteiger partial charge is 0.497 e. The molecule has 0 saturated heterocycles. The van der Waals surface area contributed by atoms with Crippen molar-refractivity contribution in [3.05, 3.63) is 77.4 Å². The predicted molar refractivity (Wildman–Crippen MR) is 149 cm³/mol. The molecule has 40 heavy (non-hydrogen) atoms. The van der Waals surface area contributed by atoms with Gasteiger partial charge >= 0.3 is 0 Å². The number of hydrogen-bond acceptors (Lipinski definition) is 10. The first kappa shape index (κ1) is 26.2. The van der Waals surface area contributed by atoms with E-state index in [0.29, 0.717) is 57.6 Å². The summed E-state index contributed by atoms with van der Waals surface area (Å²) in [4.78, 5) is 13.8. The number of benzene rings is 2. The Labute approximate surface area is 231 Å². The van der Waals surface area contributed by atoms with Gasteiger partial charge in [-0.2, -0.15) is 15.3 Å². The second kappa shape index (κ2) is 11.2. The number of rotatable bonds is 9. The summed E-state index contributed by atoms with van der Waals surface area (Å²) in [6.45, 7) is 4.28. The maximum Gasteiger partial charge on any atom is 0.234 e. The number of aryl methyl sites for hydroxylation is 1. The first-order valence-electron chi connectivity index (χ1n) is 12.3. The molecule has 5 rings (SSSR count).